The average molecular weight is 281 g/mol. The molecule has 8 heteroatoms. The summed E-state index contributed by atoms with van der Waals surface area (Å²) in [6, 6.07) is 4.09. The molecule has 0 bridgehead atoms. The van der Waals surface area contributed by atoms with Gasteiger partial charge < -0.3 is 15.3 Å². The molecule has 0 aliphatic rings. The number of aliphatic carboxylic acids is 1. The van der Waals surface area contributed by atoms with E-state index in [-0.39, 0.29) is 23.1 Å². The number of phenols is 2. The van der Waals surface area contributed by atoms with Crippen LogP contribution in [0.25, 0.3) is 11.4 Å². The summed E-state index contributed by atoms with van der Waals surface area (Å²) in [4.78, 5) is 14.7. The second-order valence-electron chi connectivity index (χ2n) is 3.73. The van der Waals surface area contributed by atoms with Gasteiger partial charge in [0.15, 0.2) is 11.0 Å². The van der Waals surface area contributed by atoms with E-state index in [1.807, 2.05) is 0 Å². The van der Waals surface area contributed by atoms with Crippen LogP contribution in [-0.2, 0) is 11.8 Å². The number of carbonyl (C=O) groups is 1. The first kappa shape index (κ1) is 13.2. The normalized spacial score (nSPS) is 10.6. The summed E-state index contributed by atoms with van der Waals surface area (Å²) >= 11 is 1.04. The van der Waals surface area contributed by atoms with Gasteiger partial charge in [0.25, 0.3) is 0 Å². The number of thioether (sulfide) groups is 1. The lowest BCUT2D eigenvalue weighted by Gasteiger charge is -1.99. The number of aryl methyl sites for hydroxylation is 1. The summed E-state index contributed by atoms with van der Waals surface area (Å²) in [7, 11) is 1.64. The molecule has 0 saturated heterocycles. The molecule has 0 spiro atoms. The summed E-state index contributed by atoms with van der Waals surface area (Å²) in [6.07, 6.45) is 0. The van der Waals surface area contributed by atoms with Crippen molar-refractivity contribution in [2.75, 3.05) is 5.75 Å². The molecule has 0 aliphatic carbocycles. The van der Waals surface area contributed by atoms with Crippen LogP contribution < -0.4 is 0 Å². The Bertz CT molecular complexity index is 626. The van der Waals surface area contributed by atoms with E-state index in [2.05, 4.69) is 10.1 Å². The van der Waals surface area contributed by atoms with Crippen molar-refractivity contribution in [2.24, 2.45) is 7.05 Å². The van der Waals surface area contributed by atoms with E-state index < -0.39 is 5.97 Å². The number of benzene rings is 1. The number of aromatic hydroxyl groups is 2. The molecule has 2 aromatic rings. The van der Waals surface area contributed by atoms with Crippen molar-refractivity contribution < 1.29 is 20.1 Å². The van der Waals surface area contributed by atoms with Crippen molar-refractivity contribution >= 4 is 17.7 Å². The summed E-state index contributed by atoms with van der Waals surface area (Å²) in [5.74, 6) is -0.985. The zero-order valence-electron chi connectivity index (χ0n) is 9.94. The first-order valence-electron chi connectivity index (χ1n) is 5.25. The molecule has 100 valence electrons. The largest absolute Gasteiger partial charge is 0.508 e. The topological polar surface area (TPSA) is 108 Å². The molecule has 0 fully saturated rings. The molecule has 1 aromatic carbocycles. The van der Waals surface area contributed by atoms with Gasteiger partial charge in [-0.2, -0.15) is 5.10 Å². The minimum Gasteiger partial charge on any atom is -0.508 e. The Morgan fingerprint density at radius 2 is 2.16 bits per heavy atom. The predicted molar refractivity (Wildman–Crippen MR) is 68.1 cm³/mol. The number of hydrogen-bond acceptors (Lipinski definition) is 6. The Morgan fingerprint density at radius 1 is 1.42 bits per heavy atom. The third-order valence-electron chi connectivity index (χ3n) is 2.27. The maximum absolute atomic E-state index is 10.5. The van der Waals surface area contributed by atoms with E-state index in [0.717, 1.165) is 11.8 Å². The molecular formula is C11H11N3O4S. The van der Waals surface area contributed by atoms with E-state index in [1.54, 1.807) is 7.05 Å². The summed E-state index contributed by atoms with van der Waals surface area (Å²) in [5.41, 5.74) is 0.371. The first-order chi connectivity index (χ1) is 8.97. The minimum absolute atomic E-state index is 0.0577. The fourth-order valence-electron chi connectivity index (χ4n) is 1.45. The van der Waals surface area contributed by atoms with Crippen LogP contribution in [0.1, 0.15) is 0 Å². The van der Waals surface area contributed by atoms with E-state index >= 15 is 0 Å². The van der Waals surface area contributed by atoms with Gasteiger partial charge in [0.2, 0.25) is 0 Å². The van der Waals surface area contributed by atoms with Gasteiger partial charge in [-0.3, -0.25) is 4.79 Å². The average Bonchev–Trinajstić information content (AvgIpc) is 2.67. The van der Waals surface area contributed by atoms with E-state index in [1.165, 1.54) is 22.9 Å². The molecule has 0 unspecified atom stereocenters. The molecule has 0 atom stereocenters. The van der Waals surface area contributed by atoms with Crippen molar-refractivity contribution in [3.8, 4) is 22.9 Å². The molecule has 1 heterocycles. The van der Waals surface area contributed by atoms with Crippen LogP contribution in [0, 0.1) is 0 Å². The third kappa shape index (κ3) is 2.97. The Hall–Kier alpha value is -2.22. The smallest absolute Gasteiger partial charge is 0.313 e. The van der Waals surface area contributed by atoms with Gasteiger partial charge in [0.05, 0.1) is 11.3 Å². The van der Waals surface area contributed by atoms with Crippen LogP contribution >= 0.6 is 11.8 Å². The zero-order chi connectivity index (χ0) is 14.0. The van der Waals surface area contributed by atoms with Gasteiger partial charge in [-0.1, -0.05) is 11.8 Å². The highest BCUT2D eigenvalue weighted by atomic mass is 32.2. The van der Waals surface area contributed by atoms with Gasteiger partial charge in [0.1, 0.15) is 11.5 Å². The highest BCUT2D eigenvalue weighted by molar-refractivity contribution is 7.99. The Balaban J connectivity index is 2.31. The fraction of sp³-hybridized carbons (Fsp3) is 0.182. The molecule has 7 nitrogen and oxygen atoms in total. The first-order valence-corrected chi connectivity index (χ1v) is 6.24. The van der Waals surface area contributed by atoms with Gasteiger partial charge in [-0.25, -0.2) is 9.67 Å². The van der Waals surface area contributed by atoms with Crippen molar-refractivity contribution in [1.82, 2.24) is 14.8 Å². The lowest BCUT2D eigenvalue weighted by molar-refractivity contribution is -0.133. The quantitative estimate of drug-likeness (QED) is 0.719. The van der Waals surface area contributed by atoms with Crippen LogP contribution in [0.3, 0.4) is 0 Å². The molecule has 1 aromatic heterocycles. The van der Waals surface area contributed by atoms with Crippen LogP contribution in [0.4, 0.5) is 0 Å². The molecule has 3 N–H and O–H groups in total. The van der Waals surface area contributed by atoms with Crippen molar-refractivity contribution in [3.05, 3.63) is 18.2 Å². The number of rotatable bonds is 4. The zero-order valence-corrected chi connectivity index (χ0v) is 10.8. The number of nitrogens with zero attached hydrogens (tertiary/aromatic N) is 3. The summed E-state index contributed by atoms with van der Waals surface area (Å²) in [6.45, 7) is 0. The van der Waals surface area contributed by atoms with Crippen LogP contribution in [0.2, 0.25) is 0 Å². The number of phenolic OH excluding ortho intramolecular Hbond substituents is 2. The summed E-state index contributed by atoms with van der Waals surface area (Å²) in [5, 5.41) is 32.1. The highest BCUT2D eigenvalue weighted by Crippen LogP contribution is 2.31. The van der Waals surface area contributed by atoms with Crippen LogP contribution in [-0.4, -0.2) is 41.8 Å². The van der Waals surface area contributed by atoms with E-state index in [0.29, 0.717) is 10.7 Å². The van der Waals surface area contributed by atoms with E-state index in [4.69, 9.17) is 5.11 Å². The molecule has 0 saturated carbocycles. The van der Waals surface area contributed by atoms with E-state index in [9.17, 15) is 15.0 Å². The SMILES string of the molecule is Cn1nc(-c2ccc(O)cc2O)nc1SCC(=O)O. The Morgan fingerprint density at radius 3 is 2.79 bits per heavy atom. The monoisotopic (exact) mass is 281 g/mol. The number of hydrogen-bond donors (Lipinski definition) is 3. The van der Waals surface area contributed by atoms with Gasteiger partial charge in [-0.05, 0) is 12.1 Å². The minimum atomic E-state index is -0.943. The van der Waals surface area contributed by atoms with Gasteiger partial charge >= 0.3 is 5.97 Å². The molecule has 0 radical (unpaired) electrons. The van der Waals surface area contributed by atoms with Crippen molar-refractivity contribution in [2.45, 2.75) is 5.16 Å². The number of aromatic nitrogens is 3. The fourth-order valence-corrected chi connectivity index (χ4v) is 2.08. The lowest BCUT2D eigenvalue weighted by Crippen LogP contribution is -2.00. The standard InChI is InChI=1S/C11H11N3O4S/c1-14-11(19-5-9(17)18)12-10(13-14)7-3-2-6(15)4-8(7)16/h2-4,15-16H,5H2,1H3,(H,17,18). The highest BCUT2D eigenvalue weighted by Gasteiger charge is 2.14. The van der Waals surface area contributed by atoms with Gasteiger partial charge in [-0.15, -0.1) is 0 Å². The maximum atomic E-state index is 10.5. The van der Waals surface area contributed by atoms with Crippen LogP contribution in [0.5, 0.6) is 11.5 Å². The summed E-state index contributed by atoms with van der Waals surface area (Å²) < 4.78 is 1.44. The number of carboxylic acid groups (broad SMARTS) is 1. The second-order valence-corrected chi connectivity index (χ2v) is 4.67. The molecule has 2 rings (SSSR count). The molecule has 19 heavy (non-hydrogen) atoms. The molecule has 0 aliphatic heterocycles. The maximum Gasteiger partial charge on any atom is 0.313 e. The third-order valence-corrected chi connectivity index (χ3v) is 3.28. The number of carboxylic acids is 1. The molecule has 0 amide bonds. The lowest BCUT2D eigenvalue weighted by atomic mass is 10.2. The van der Waals surface area contributed by atoms with Crippen molar-refractivity contribution in [1.29, 1.82) is 0 Å². The van der Waals surface area contributed by atoms with Crippen molar-refractivity contribution in [3.63, 3.8) is 0 Å². The van der Waals surface area contributed by atoms with Crippen LogP contribution in [0.15, 0.2) is 23.4 Å². The predicted octanol–water partition coefficient (Wildman–Crippen LogP) is 1.07. The molecular weight excluding hydrogens is 270 g/mol. The van der Waals surface area contributed by atoms with Gasteiger partial charge in [0, 0.05) is 13.1 Å². The Labute approximate surface area is 112 Å². The Kier molecular flexibility index (Phi) is 3.61. The second kappa shape index (κ2) is 5.19.